The second kappa shape index (κ2) is 11.5. The molecule has 234 valence electrons. The fraction of sp³-hybridized carbons (Fsp3) is 0. The summed E-state index contributed by atoms with van der Waals surface area (Å²) >= 11 is 0. The summed E-state index contributed by atoms with van der Waals surface area (Å²) in [5.74, 6) is 0. The van der Waals surface area contributed by atoms with Crippen LogP contribution in [0, 0.1) is 0 Å². The van der Waals surface area contributed by atoms with E-state index < -0.39 is 0 Å². The SMILES string of the molecule is c1ccc(-c2cccc(-n3c4ccccc4c4c(-n5c6ccccc6c6c(-c7ccccc7-c7ccccc7)cccc65)cccc43)c2)cc1. The maximum atomic E-state index is 2.48. The van der Waals surface area contributed by atoms with Crippen LogP contribution in [0.5, 0.6) is 0 Å². The highest BCUT2D eigenvalue weighted by Crippen LogP contribution is 2.44. The summed E-state index contributed by atoms with van der Waals surface area (Å²) in [5.41, 5.74) is 14.4. The molecule has 0 unspecified atom stereocenters. The van der Waals surface area contributed by atoms with Crippen LogP contribution in [-0.2, 0) is 0 Å². The minimum Gasteiger partial charge on any atom is -0.309 e. The Morgan fingerprint density at radius 3 is 1.54 bits per heavy atom. The van der Waals surface area contributed by atoms with Crippen molar-refractivity contribution in [3.8, 4) is 44.8 Å². The van der Waals surface area contributed by atoms with Gasteiger partial charge in [-0.15, -0.1) is 0 Å². The molecule has 0 bridgehead atoms. The molecule has 2 nitrogen and oxygen atoms in total. The number of aromatic nitrogens is 2. The Bertz CT molecular complexity index is 2860. The average molecular weight is 637 g/mol. The Morgan fingerprint density at radius 1 is 0.280 bits per heavy atom. The first-order chi connectivity index (χ1) is 24.8. The van der Waals surface area contributed by atoms with Crippen molar-refractivity contribution in [3.63, 3.8) is 0 Å². The van der Waals surface area contributed by atoms with Crippen LogP contribution in [0.2, 0.25) is 0 Å². The number of hydrogen-bond donors (Lipinski definition) is 0. The molecular formula is C48H32N2. The van der Waals surface area contributed by atoms with E-state index in [1.807, 2.05) is 0 Å². The molecular weight excluding hydrogens is 605 g/mol. The molecule has 0 N–H and O–H groups in total. The lowest BCUT2D eigenvalue weighted by molar-refractivity contribution is 1.17. The third kappa shape index (κ3) is 4.36. The number of para-hydroxylation sites is 2. The van der Waals surface area contributed by atoms with Crippen molar-refractivity contribution in [2.75, 3.05) is 0 Å². The molecule has 0 saturated carbocycles. The topological polar surface area (TPSA) is 9.86 Å². The van der Waals surface area contributed by atoms with E-state index in [0.717, 1.165) is 5.69 Å². The second-order valence-electron chi connectivity index (χ2n) is 12.9. The molecule has 0 aliphatic carbocycles. The van der Waals surface area contributed by atoms with E-state index in [-0.39, 0.29) is 0 Å². The van der Waals surface area contributed by atoms with Gasteiger partial charge >= 0.3 is 0 Å². The highest BCUT2D eigenvalue weighted by molar-refractivity contribution is 6.19. The van der Waals surface area contributed by atoms with Crippen molar-refractivity contribution in [3.05, 3.63) is 194 Å². The zero-order chi connectivity index (χ0) is 33.0. The van der Waals surface area contributed by atoms with Gasteiger partial charge in [0.2, 0.25) is 0 Å². The first-order valence-corrected chi connectivity index (χ1v) is 17.2. The molecule has 0 spiro atoms. The lowest BCUT2D eigenvalue weighted by atomic mass is 9.92. The van der Waals surface area contributed by atoms with Gasteiger partial charge in [0, 0.05) is 27.2 Å². The van der Waals surface area contributed by atoms with Crippen LogP contribution in [0.15, 0.2) is 194 Å². The van der Waals surface area contributed by atoms with Crippen LogP contribution in [-0.4, -0.2) is 9.13 Å². The summed E-state index contributed by atoms with van der Waals surface area (Å²) in [6, 6.07) is 70.3. The number of benzene rings is 8. The number of rotatable bonds is 5. The van der Waals surface area contributed by atoms with Gasteiger partial charge in [0.05, 0.1) is 27.8 Å². The Balaban J connectivity index is 1.27. The standard InChI is InChI=1S/C48H32N2/c1-3-16-33(17-4-1)35-20-13-21-36(32-35)49-42-27-11-10-25-41(42)48-45(49)30-15-31-46(48)50-43-28-12-9-24-40(43)47-39(26-14-29-44(47)50)38-23-8-7-22-37(38)34-18-5-2-6-19-34/h1-32H. The van der Waals surface area contributed by atoms with Crippen LogP contribution >= 0.6 is 0 Å². The molecule has 2 heterocycles. The smallest absolute Gasteiger partial charge is 0.0562 e. The quantitative estimate of drug-likeness (QED) is 0.178. The lowest BCUT2D eigenvalue weighted by Crippen LogP contribution is -1.97. The first kappa shape index (κ1) is 28.4. The molecule has 10 rings (SSSR count). The summed E-state index contributed by atoms with van der Waals surface area (Å²) in [5, 5.41) is 4.99. The van der Waals surface area contributed by atoms with E-state index >= 15 is 0 Å². The third-order valence-corrected chi connectivity index (χ3v) is 10.1. The Labute approximate surface area is 290 Å². The molecule has 50 heavy (non-hydrogen) atoms. The fourth-order valence-electron chi connectivity index (χ4n) is 8.01. The van der Waals surface area contributed by atoms with Gasteiger partial charge in [-0.05, 0) is 75.8 Å². The van der Waals surface area contributed by atoms with E-state index in [2.05, 4.69) is 203 Å². The minimum absolute atomic E-state index is 1.15. The van der Waals surface area contributed by atoms with Crippen molar-refractivity contribution < 1.29 is 0 Å². The van der Waals surface area contributed by atoms with Gasteiger partial charge in [-0.3, -0.25) is 0 Å². The van der Waals surface area contributed by atoms with Crippen LogP contribution in [0.4, 0.5) is 0 Å². The van der Waals surface area contributed by atoms with Crippen molar-refractivity contribution in [1.82, 2.24) is 9.13 Å². The summed E-state index contributed by atoms with van der Waals surface area (Å²) in [6.07, 6.45) is 0. The lowest BCUT2D eigenvalue weighted by Gasteiger charge is -2.13. The zero-order valence-electron chi connectivity index (χ0n) is 27.4. The number of hydrogen-bond acceptors (Lipinski definition) is 0. The van der Waals surface area contributed by atoms with Crippen LogP contribution in [0.25, 0.3) is 88.4 Å². The highest BCUT2D eigenvalue weighted by atomic mass is 15.0. The van der Waals surface area contributed by atoms with Gasteiger partial charge in [-0.1, -0.05) is 152 Å². The van der Waals surface area contributed by atoms with Gasteiger partial charge in [0.1, 0.15) is 0 Å². The van der Waals surface area contributed by atoms with Crippen molar-refractivity contribution in [2.45, 2.75) is 0 Å². The zero-order valence-corrected chi connectivity index (χ0v) is 27.4. The molecule has 0 aliphatic rings. The first-order valence-electron chi connectivity index (χ1n) is 17.2. The Hall–Kier alpha value is -6.64. The van der Waals surface area contributed by atoms with Crippen LogP contribution in [0.1, 0.15) is 0 Å². The van der Waals surface area contributed by atoms with Crippen molar-refractivity contribution >= 4 is 43.6 Å². The molecule has 2 heteroatoms. The van der Waals surface area contributed by atoms with E-state index in [1.54, 1.807) is 0 Å². The number of fused-ring (bicyclic) bond motifs is 6. The fourth-order valence-corrected chi connectivity index (χ4v) is 8.01. The maximum absolute atomic E-state index is 2.48. The molecule has 10 aromatic rings. The summed E-state index contributed by atoms with van der Waals surface area (Å²) < 4.78 is 4.91. The summed E-state index contributed by atoms with van der Waals surface area (Å²) in [7, 11) is 0. The van der Waals surface area contributed by atoms with Crippen LogP contribution in [0.3, 0.4) is 0 Å². The Morgan fingerprint density at radius 2 is 0.780 bits per heavy atom. The molecule has 0 saturated heterocycles. The van der Waals surface area contributed by atoms with E-state index in [0.29, 0.717) is 0 Å². The molecule has 2 aromatic heterocycles. The number of nitrogens with zero attached hydrogens (tertiary/aromatic N) is 2. The van der Waals surface area contributed by atoms with Crippen LogP contribution < -0.4 is 0 Å². The van der Waals surface area contributed by atoms with E-state index in [4.69, 9.17) is 0 Å². The summed E-state index contributed by atoms with van der Waals surface area (Å²) in [6.45, 7) is 0. The van der Waals surface area contributed by atoms with Gasteiger partial charge < -0.3 is 9.13 Å². The molecule has 0 radical (unpaired) electrons. The molecule has 0 aliphatic heterocycles. The third-order valence-electron chi connectivity index (χ3n) is 10.1. The predicted molar refractivity (Wildman–Crippen MR) is 211 cm³/mol. The average Bonchev–Trinajstić information content (AvgIpc) is 3.72. The van der Waals surface area contributed by atoms with Crippen molar-refractivity contribution in [2.24, 2.45) is 0 Å². The highest BCUT2D eigenvalue weighted by Gasteiger charge is 2.21. The molecule has 0 fully saturated rings. The monoisotopic (exact) mass is 636 g/mol. The minimum atomic E-state index is 1.15. The van der Waals surface area contributed by atoms with Crippen molar-refractivity contribution in [1.29, 1.82) is 0 Å². The van der Waals surface area contributed by atoms with Gasteiger partial charge in [-0.2, -0.15) is 0 Å². The molecule has 8 aromatic carbocycles. The second-order valence-corrected chi connectivity index (χ2v) is 12.9. The predicted octanol–water partition coefficient (Wildman–Crippen LogP) is 12.9. The summed E-state index contributed by atoms with van der Waals surface area (Å²) in [4.78, 5) is 0. The van der Waals surface area contributed by atoms with Gasteiger partial charge in [-0.25, -0.2) is 0 Å². The Kier molecular flexibility index (Phi) is 6.53. The largest absolute Gasteiger partial charge is 0.309 e. The van der Waals surface area contributed by atoms with Gasteiger partial charge in [0.15, 0.2) is 0 Å². The normalized spacial score (nSPS) is 11.6. The van der Waals surface area contributed by atoms with Gasteiger partial charge in [0.25, 0.3) is 0 Å². The molecule has 0 atom stereocenters. The maximum Gasteiger partial charge on any atom is 0.0562 e. The van der Waals surface area contributed by atoms with E-state index in [9.17, 15) is 0 Å². The molecule has 0 amide bonds. The van der Waals surface area contributed by atoms with E-state index in [1.165, 1.54) is 82.7 Å².